The fraction of sp³-hybridized carbons (Fsp3) is 0.160. The van der Waals surface area contributed by atoms with E-state index < -0.39 is 17.6 Å². The molecule has 0 bridgehead atoms. The summed E-state index contributed by atoms with van der Waals surface area (Å²) in [5, 5.41) is 16.0. The Labute approximate surface area is 208 Å². The Balaban J connectivity index is 1.32. The third-order valence-corrected chi connectivity index (χ3v) is 6.48. The molecule has 1 fully saturated rings. The number of phenols is 1. The maximum Gasteiger partial charge on any atom is 0.278 e. The number of para-hydroxylation sites is 1. The van der Waals surface area contributed by atoms with E-state index >= 15 is 0 Å². The molecule has 2 atom stereocenters. The minimum absolute atomic E-state index is 0.0455. The molecule has 0 spiro atoms. The molecule has 37 heavy (non-hydrogen) atoms. The minimum atomic E-state index is -0.817. The number of carbonyl (C=O) groups excluding carboxylic acids is 2. The number of imidazole rings is 1. The molecular weight excluding hydrogens is 476 g/mol. The van der Waals surface area contributed by atoms with Crippen molar-refractivity contribution in [3.05, 3.63) is 70.0 Å². The molecule has 1 saturated heterocycles. The van der Waals surface area contributed by atoms with Crippen molar-refractivity contribution in [2.75, 3.05) is 5.73 Å². The second-order valence-corrected chi connectivity index (χ2v) is 8.96. The van der Waals surface area contributed by atoms with Crippen LogP contribution in [0.2, 0.25) is 0 Å². The lowest BCUT2D eigenvalue weighted by Gasteiger charge is -2.30. The highest BCUT2D eigenvalue weighted by Crippen LogP contribution is 2.31. The molecule has 0 unspecified atom stereocenters. The van der Waals surface area contributed by atoms with E-state index in [-0.39, 0.29) is 41.1 Å². The lowest BCUT2D eigenvalue weighted by atomic mass is 9.97. The van der Waals surface area contributed by atoms with Crippen LogP contribution in [0.5, 0.6) is 5.75 Å². The van der Waals surface area contributed by atoms with Crippen molar-refractivity contribution >= 4 is 39.8 Å². The smallest absolute Gasteiger partial charge is 0.278 e. The number of phenolic OH excluding ortho intramolecular Hbond substituents is 1. The molecule has 5 aromatic rings. The first-order valence-electron chi connectivity index (χ1n) is 11.6. The Morgan fingerprint density at radius 2 is 1.54 bits per heavy atom. The van der Waals surface area contributed by atoms with Crippen LogP contribution in [0.3, 0.4) is 0 Å². The second kappa shape index (κ2) is 8.52. The molecule has 2 aromatic carbocycles. The highest BCUT2D eigenvalue weighted by molar-refractivity contribution is 5.98. The number of nitrogen functional groups attached to an aromatic ring is 1. The quantitative estimate of drug-likeness (QED) is 0.186. The molecule has 6 rings (SSSR count). The van der Waals surface area contributed by atoms with Crippen LogP contribution >= 0.6 is 0 Å². The number of hydrogen-bond donors (Lipinski definition) is 7. The summed E-state index contributed by atoms with van der Waals surface area (Å²) in [4.78, 5) is 55.5. The maximum atomic E-state index is 13.1. The van der Waals surface area contributed by atoms with Gasteiger partial charge in [0.25, 0.3) is 5.56 Å². The molecule has 12 nitrogen and oxygen atoms in total. The Morgan fingerprint density at radius 1 is 0.838 bits per heavy atom. The first kappa shape index (κ1) is 22.3. The van der Waals surface area contributed by atoms with Gasteiger partial charge in [-0.1, -0.05) is 30.3 Å². The number of benzene rings is 2. The van der Waals surface area contributed by atoms with Crippen molar-refractivity contribution in [2.24, 2.45) is 0 Å². The highest BCUT2D eigenvalue weighted by atomic mass is 16.3. The van der Waals surface area contributed by atoms with Gasteiger partial charge in [0.05, 0.1) is 5.69 Å². The van der Waals surface area contributed by atoms with Crippen molar-refractivity contribution in [2.45, 2.75) is 24.9 Å². The zero-order valence-corrected chi connectivity index (χ0v) is 19.3. The van der Waals surface area contributed by atoms with Crippen molar-refractivity contribution in [3.63, 3.8) is 0 Å². The van der Waals surface area contributed by atoms with Crippen molar-refractivity contribution in [3.8, 4) is 17.3 Å². The minimum Gasteiger partial charge on any atom is -0.508 e. The fourth-order valence-corrected chi connectivity index (χ4v) is 4.69. The maximum absolute atomic E-state index is 13.1. The average Bonchev–Trinajstić information content (AvgIpc) is 3.45. The van der Waals surface area contributed by atoms with Crippen molar-refractivity contribution in [1.82, 2.24) is 35.6 Å². The van der Waals surface area contributed by atoms with Crippen LogP contribution in [0.25, 0.3) is 33.6 Å². The topological polar surface area (TPSA) is 195 Å². The molecule has 12 heteroatoms. The van der Waals surface area contributed by atoms with Gasteiger partial charge in [0.15, 0.2) is 17.0 Å². The number of amides is 2. The number of fused-ring (bicyclic) bond motifs is 2. The van der Waals surface area contributed by atoms with E-state index in [1.165, 1.54) is 12.1 Å². The zero-order chi connectivity index (χ0) is 25.7. The van der Waals surface area contributed by atoms with Crippen LogP contribution in [0.1, 0.15) is 11.1 Å². The van der Waals surface area contributed by atoms with Crippen LogP contribution < -0.4 is 21.9 Å². The number of carbonyl (C=O) groups is 2. The largest absolute Gasteiger partial charge is 0.508 e. The van der Waals surface area contributed by atoms with Gasteiger partial charge in [-0.05, 0) is 29.3 Å². The Hall–Kier alpha value is -5.13. The summed E-state index contributed by atoms with van der Waals surface area (Å²) in [6.45, 7) is 0. The molecule has 8 N–H and O–H groups in total. The second-order valence-electron chi connectivity index (χ2n) is 8.96. The summed E-state index contributed by atoms with van der Waals surface area (Å²) >= 11 is 0. The van der Waals surface area contributed by atoms with Gasteiger partial charge in [0.2, 0.25) is 17.8 Å². The predicted octanol–water partition coefficient (Wildman–Crippen LogP) is 0.851. The molecule has 3 aromatic heterocycles. The SMILES string of the molecule is Nc1nc2nc(-c3[nH]c4ccccc4c3C[C@@H]3NC(=O)[C@H](Cc4ccc(O)cc4)NC3=O)[nH]c2c(=O)[nH]1. The van der Waals surface area contributed by atoms with Gasteiger partial charge in [0.1, 0.15) is 17.8 Å². The van der Waals surface area contributed by atoms with Gasteiger partial charge >= 0.3 is 0 Å². The van der Waals surface area contributed by atoms with Gasteiger partial charge in [-0.3, -0.25) is 19.4 Å². The molecule has 1 aliphatic rings. The number of rotatable bonds is 5. The third kappa shape index (κ3) is 4.03. The Morgan fingerprint density at radius 3 is 2.30 bits per heavy atom. The summed E-state index contributed by atoms with van der Waals surface area (Å²) in [5.74, 6) is -0.165. The molecule has 2 amide bonds. The summed E-state index contributed by atoms with van der Waals surface area (Å²) < 4.78 is 0. The standard InChI is InChI=1S/C25H22N8O4/c26-25-32-21-19(24(37)33-25)30-20(31-21)18-14(13-3-1-2-4-15(13)27-18)10-17-23(36)28-16(22(35)29-17)9-11-5-7-12(34)8-6-11/h1-8,16-17,27,34H,9-10H2,(H,28,36)(H,29,35)(H4,26,30,31,32,33,37)/t16-,17-/m0/s1. The number of nitrogens with zero attached hydrogens (tertiary/aromatic N) is 2. The predicted molar refractivity (Wildman–Crippen MR) is 136 cm³/mol. The van der Waals surface area contributed by atoms with Gasteiger partial charge in [-0.25, -0.2) is 4.98 Å². The lowest BCUT2D eigenvalue weighted by molar-refractivity contribution is -0.136. The zero-order valence-electron chi connectivity index (χ0n) is 19.3. The van der Waals surface area contributed by atoms with Gasteiger partial charge in [0, 0.05) is 23.7 Å². The van der Waals surface area contributed by atoms with Crippen LogP contribution in [-0.2, 0) is 22.4 Å². The van der Waals surface area contributed by atoms with Crippen molar-refractivity contribution < 1.29 is 14.7 Å². The van der Waals surface area contributed by atoms with E-state index in [0.29, 0.717) is 17.9 Å². The third-order valence-electron chi connectivity index (χ3n) is 6.48. The Bertz CT molecular complexity index is 1730. The number of piperazine rings is 1. The molecule has 0 aliphatic carbocycles. The van der Waals surface area contributed by atoms with Gasteiger partial charge in [-0.15, -0.1) is 0 Å². The molecular formula is C25H22N8O4. The molecule has 0 radical (unpaired) electrons. The molecule has 1 aliphatic heterocycles. The number of anilines is 1. The summed E-state index contributed by atoms with van der Waals surface area (Å²) in [6.07, 6.45) is 0.485. The summed E-state index contributed by atoms with van der Waals surface area (Å²) in [5.41, 5.74) is 8.49. The van der Waals surface area contributed by atoms with Crippen molar-refractivity contribution in [1.29, 1.82) is 0 Å². The van der Waals surface area contributed by atoms with E-state index in [9.17, 15) is 19.5 Å². The number of aromatic amines is 3. The lowest BCUT2D eigenvalue weighted by Crippen LogP contribution is -2.62. The molecule has 4 heterocycles. The van der Waals surface area contributed by atoms with E-state index in [1.54, 1.807) is 12.1 Å². The monoisotopic (exact) mass is 498 g/mol. The molecule has 186 valence electrons. The van der Waals surface area contributed by atoms with Crippen LogP contribution in [0, 0.1) is 0 Å². The van der Waals surface area contributed by atoms with Gasteiger partial charge in [-0.2, -0.15) is 4.98 Å². The number of aromatic nitrogens is 5. The number of aromatic hydroxyl groups is 1. The van der Waals surface area contributed by atoms with Crippen LogP contribution in [-0.4, -0.2) is 53.9 Å². The van der Waals surface area contributed by atoms with Gasteiger partial charge < -0.3 is 31.4 Å². The first-order valence-corrected chi connectivity index (χ1v) is 11.6. The molecule has 0 saturated carbocycles. The number of nitrogens with two attached hydrogens (primary N) is 1. The highest BCUT2D eigenvalue weighted by Gasteiger charge is 2.35. The van der Waals surface area contributed by atoms with Crippen LogP contribution in [0.15, 0.2) is 53.3 Å². The Kier molecular flexibility index (Phi) is 5.14. The first-order chi connectivity index (χ1) is 17.9. The number of nitrogens with one attached hydrogen (secondary N) is 5. The van der Waals surface area contributed by atoms with E-state index in [2.05, 4.69) is 35.6 Å². The summed E-state index contributed by atoms with van der Waals surface area (Å²) in [6, 6.07) is 12.5. The van der Waals surface area contributed by atoms with E-state index in [4.69, 9.17) is 5.73 Å². The number of H-pyrrole nitrogens is 3. The van der Waals surface area contributed by atoms with E-state index in [1.807, 2.05) is 24.3 Å². The fourth-order valence-electron chi connectivity index (χ4n) is 4.69. The summed E-state index contributed by atoms with van der Waals surface area (Å²) in [7, 11) is 0. The number of hydrogen-bond acceptors (Lipinski definition) is 7. The normalized spacial score (nSPS) is 17.7. The van der Waals surface area contributed by atoms with Crippen LogP contribution in [0.4, 0.5) is 5.95 Å². The average molecular weight is 499 g/mol. The van der Waals surface area contributed by atoms with E-state index in [0.717, 1.165) is 22.0 Å².